The van der Waals surface area contributed by atoms with Crippen molar-refractivity contribution >= 4 is 26.7 Å². The molecule has 0 aliphatic rings. The molecule has 0 aliphatic heterocycles. The van der Waals surface area contributed by atoms with E-state index in [0.29, 0.717) is 5.56 Å². The topological polar surface area (TPSA) is 75.3 Å². The molecule has 6 heteroatoms. The van der Waals surface area contributed by atoms with Crippen molar-refractivity contribution in [2.24, 2.45) is 0 Å². The van der Waals surface area contributed by atoms with Crippen LogP contribution in [0.2, 0.25) is 0 Å². The average Bonchev–Trinajstić information content (AvgIpc) is 2.60. The van der Waals surface area contributed by atoms with Gasteiger partial charge in [0.25, 0.3) is 15.9 Å². The fourth-order valence-corrected chi connectivity index (χ4v) is 3.28. The van der Waals surface area contributed by atoms with Crippen molar-refractivity contribution in [1.82, 2.24) is 10.3 Å². The molecule has 3 aromatic carbocycles. The summed E-state index contributed by atoms with van der Waals surface area (Å²) in [4.78, 5) is 14.3. The van der Waals surface area contributed by atoms with Crippen molar-refractivity contribution in [2.75, 3.05) is 0 Å². The molecule has 3 aromatic rings. The SMILES string of the molecule is Cc1ccccc1C(=O)NNS(=O)(=O)c1ccc2ccccc2c1. The lowest BCUT2D eigenvalue weighted by atomic mass is 10.1. The normalized spacial score (nSPS) is 11.4. The third-order valence-electron chi connectivity index (χ3n) is 3.72. The predicted octanol–water partition coefficient (Wildman–Crippen LogP) is 2.77. The molecule has 122 valence electrons. The van der Waals surface area contributed by atoms with E-state index in [2.05, 4.69) is 10.3 Å². The number of fused-ring (bicyclic) bond motifs is 1. The van der Waals surface area contributed by atoms with Gasteiger partial charge in [0, 0.05) is 5.56 Å². The molecule has 1 amide bonds. The van der Waals surface area contributed by atoms with E-state index >= 15 is 0 Å². The van der Waals surface area contributed by atoms with Gasteiger partial charge in [-0.05, 0) is 41.5 Å². The van der Waals surface area contributed by atoms with E-state index in [1.54, 1.807) is 37.3 Å². The molecule has 0 atom stereocenters. The van der Waals surface area contributed by atoms with Gasteiger partial charge in [0.15, 0.2) is 0 Å². The highest BCUT2D eigenvalue weighted by atomic mass is 32.2. The van der Waals surface area contributed by atoms with Crippen molar-refractivity contribution in [1.29, 1.82) is 0 Å². The molecule has 2 N–H and O–H groups in total. The number of carbonyl (C=O) groups excluding carboxylic acids is 1. The number of amides is 1. The first-order chi connectivity index (χ1) is 11.5. The molecule has 3 rings (SSSR count). The van der Waals surface area contributed by atoms with Crippen molar-refractivity contribution in [3.8, 4) is 0 Å². The molecule has 0 unspecified atom stereocenters. The maximum absolute atomic E-state index is 12.4. The highest BCUT2D eigenvalue weighted by Gasteiger charge is 2.16. The summed E-state index contributed by atoms with van der Waals surface area (Å²) in [6, 6.07) is 19.2. The molecule has 0 spiro atoms. The van der Waals surface area contributed by atoms with E-state index in [0.717, 1.165) is 16.3 Å². The highest BCUT2D eigenvalue weighted by molar-refractivity contribution is 7.89. The van der Waals surface area contributed by atoms with Crippen LogP contribution in [0.5, 0.6) is 0 Å². The minimum Gasteiger partial charge on any atom is -0.273 e. The fourth-order valence-electron chi connectivity index (χ4n) is 2.40. The zero-order chi connectivity index (χ0) is 17.2. The lowest BCUT2D eigenvalue weighted by Crippen LogP contribution is -2.41. The van der Waals surface area contributed by atoms with E-state index in [1.807, 2.05) is 30.3 Å². The van der Waals surface area contributed by atoms with Gasteiger partial charge in [-0.15, -0.1) is 4.83 Å². The van der Waals surface area contributed by atoms with Gasteiger partial charge in [0.2, 0.25) is 0 Å². The van der Waals surface area contributed by atoms with Crippen molar-refractivity contribution in [3.05, 3.63) is 77.9 Å². The lowest BCUT2D eigenvalue weighted by Gasteiger charge is -2.10. The number of rotatable bonds is 4. The molecule has 5 nitrogen and oxygen atoms in total. The summed E-state index contributed by atoms with van der Waals surface area (Å²) >= 11 is 0. The van der Waals surface area contributed by atoms with Crippen molar-refractivity contribution < 1.29 is 13.2 Å². The standard InChI is InChI=1S/C18H16N2O3S/c1-13-6-2-5-9-17(13)18(21)19-20-24(22,23)16-11-10-14-7-3-4-8-15(14)12-16/h2-12,20H,1H3,(H,19,21). The quantitative estimate of drug-likeness (QED) is 0.717. The summed E-state index contributed by atoms with van der Waals surface area (Å²) in [7, 11) is -3.85. The molecule has 0 aromatic heterocycles. The molecule has 0 heterocycles. The van der Waals surface area contributed by atoms with Crippen LogP contribution in [0.4, 0.5) is 0 Å². The Balaban J connectivity index is 1.80. The molecule has 0 radical (unpaired) electrons. The number of carbonyl (C=O) groups is 1. The van der Waals surface area contributed by atoms with Crippen LogP contribution in [0.3, 0.4) is 0 Å². The smallest absolute Gasteiger partial charge is 0.266 e. The highest BCUT2D eigenvalue weighted by Crippen LogP contribution is 2.18. The van der Waals surface area contributed by atoms with Crippen LogP contribution >= 0.6 is 0 Å². The monoisotopic (exact) mass is 340 g/mol. The minimum atomic E-state index is -3.85. The summed E-state index contributed by atoms with van der Waals surface area (Å²) in [6.45, 7) is 1.78. The number of sulfonamides is 1. The largest absolute Gasteiger partial charge is 0.273 e. The predicted molar refractivity (Wildman–Crippen MR) is 92.9 cm³/mol. The van der Waals surface area contributed by atoms with Gasteiger partial charge in [-0.1, -0.05) is 48.5 Å². The van der Waals surface area contributed by atoms with E-state index in [-0.39, 0.29) is 4.90 Å². The summed E-state index contributed by atoms with van der Waals surface area (Å²) in [5.74, 6) is -0.502. The Kier molecular flexibility index (Phi) is 4.33. The van der Waals surface area contributed by atoms with Crippen LogP contribution in [0.25, 0.3) is 10.8 Å². The summed E-state index contributed by atoms with van der Waals surface area (Å²) in [5.41, 5.74) is 3.43. The molecule has 0 fully saturated rings. The van der Waals surface area contributed by atoms with E-state index < -0.39 is 15.9 Å². The van der Waals surface area contributed by atoms with Crippen LogP contribution in [-0.2, 0) is 10.0 Å². The first-order valence-electron chi connectivity index (χ1n) is 7.34. The molecule has 0 saturated heterocycles. The minimum absolute atomic E-state index is 0.0892. The van der Waals surface area contributed by atoms with Gasteiger partial charge in [-0.25, -0.2) is 8.42 Å². The second-order valence-electron chi connectivity index (χ2n) is 5.38. The second-order valence-corrected chi connectivity index (χ2v) is 7.07. The number of hydrogen-bond donors (Lipinski definition) is 2. The van der Waals surface area contributed by atoms with Crippen LogP contribution in [0.15, 0.2) is 71.6 Å². The number of hydrogen-bond acceptors (Lipinski definition) is 3. The third kappa shape index (κ3) is 3.29. The van der Waals surface area contributed by atoms with Crippen LogP contribution in [0.1, 0.15) is 15.9 Å². The number of nitrogens with one attached hydrogen (secondary N) is 2. The van der Waals surface area contributed by atoms with Crippen molar-refractivity contribution in [3.63, 3.8) is 0 Å². The molecule has 24 heavy (non-hydrogen) atoms. The molecule has 0 saturated carbocycles. The van der Waals surface area contributed by atoms with Gasteiger partial charge in [0.1, 0.15) is 0 Å². The number of aryl methyl sites for hydroxylation is 1. The lowest BCUT2D eigenvalue weighted by molar-refractivity contribution is 0.0944. The van der Waals surface area contributed by atoms with E-state index in [1.165, 1.54) is 6.07 Å². The Morgan fingerprint density at radius 3 is 2.29 bits per heavy atom. The first-order valence-corrected chi connectivity index (χ1v) is 8.82. The Morgan fingerprint density at radius 1 is 0.875 bits per heavy atom. The molecular weight excluding hydrogens is 324 g/mol. The Labute approximate surface area is 140 Å². The van der Waals surface area contributed by atoms with Crippen LogP contribution in [0, 0.1) is 6.92 Å². The Bertz CT molecular complexity index is 1010. The van der Waals surface area contributed by atoms with Gasteiger partial charge < -0.3 is 0 Å². The van der Waals surface area contributed by atoms with Gasteiger partial charge in [0.05, 0.1) is 4.90 Å². The van der Waals surface area contributed by atoms with Crippen LogP contribution in [-0.4, -0.2) is 14.3 Å². The molecule has 0 bridgehead atoms. The van der Waals surface area contributed by atoms with Crippen molar-refractivity contribution in [2.45, 2.75) is 11.8 Å². The molecular formula is C18H16N2O3S. The summed E-state index contributed by atoms with van der Waals surface area (Å²) < 4.78 is 24.7. The first kappa shape index (κ1) is 16.2. The number of benzene rings is 3. The number of hydrazine groups is 1. The summed E-state index contributed by atoms with van der Waals surface area (Å²) in [5, 5.41) is 1.76. The van der Waals surface area contributed by atoms with Gasteiger partial charge >= 0.3 is 0 Å². The maximum Gasteiger partial charge on any atom is 0.266 e. The Hall–Kier alpha value is -2.70. The van der Waals surface area contributed by atoms with E-state index in [4.69, 9.17) is 0 Å². The van der Waals surface area contributed by atoms with Gasteiger partial charge in [-0.2, -0.15) is 0 Å². The third-order valence-corrected chi connectivity index (χ3v) is 4.97. The average molecular weight is 340 g/mol. The fraction of sp³-hybridized carbons (Fsp3) is 0.0556. The molecule has 0 aliphatic carbocycles. The second kappa shape index (κ2) is 6.43. The van der Waals surface area contributed by atoms with E-state index in [9.17, 15) is 13.2 Å². The zero-order valence-corrected chi connectivity index (χ0v) is 13.8. The van der Waals surface area contributed by atoms with Gasteiger partial charge in [-0.3, -0.25) is 10.2 Å². The summed E-state index contributed by atoms with van der Waals surface area (Å²) in [6.07, 6.45) is 0. The Morgan fingerprint density at radius 2 is 1.54 bits per heavy atom. The van der Waals surface area contributed by atoms with Crippen LogP contribution < -0.4 is 10.3 Å². The zero-order valence-electron chi connectivity index (χ0n) is 13.0. The maximum atomic E-state index is 12.4.